The van der Waals surface area contributed by atoms with Crippen LogP contribution in [0.5, 0.6) is 0 Å². The lowest BCUT2D eigenvalue weighted by molar-refractivity contribution is -0.141. The van der Waals surface area contributed by atoms with E-state index >= 15 is 0 Å². The van der Waals surface area contributed by atoms with Gasteiger partial charge in [-0.05, 0) is 42.5 Å². The van der Waals surface area contributed by atoms with Crippen molar-refractivity contribution in [1.29, 1.82) is 0 Å². The van der Waals surface area contributed by atoms with Gasteiger partial charge in [0.25, 0.3) is 0 Å². The molecular formula is C30H33ClN2O2. The molecule has 35 heavy (non-hydrogen) atoms. The molecule has 1 aliphatic rings. The third kappa shape index (κ3) is 6.95. The Labute approximate surface area is 213 Å². The lowest BCUT2D eigenvalue weighted by Crippen LogP contribution is -2.52. The molecule has 0 aliphatic heterocycles. The van der Waals surface area contributed by atoms with Crippen molar-refractivity contribution < 1.29 is 9.59 Å². The molecule has 4 rings (SSSR count). The molecular weight excluding hydrogens is 456 g/mol. The second-order valence-electron chi connectivity index (χ2n) is 9.47. The van der Waals surface area contributed by atoms with Crippen LogP contribution in [0, 0.1) is 6.92 Å². The van der Waals surface area contributed by atoms with Crippen LogP contribution in [0.15, 0.2) is 78.9 Å². The summed E-state index contributed by atoms with van der Waals surface area (Å²) in [7, 11) is 0. The third-order valence-electron chi connectivity index (χ3n) is 6.75. The molecule has 1 saturated carbocycles. The fraction of sp³-hybridized carbons (Fsp3) is 0.333. The monoisotopic (exact) mass is 488 g/mol. The van der Waals surface area contributed by atoms with Crippen LogP contribution < -0.4 is 5.32 Å². The number of hydrogen-bond donors (Lipinski definition) is 1. The van der Waals surface area contributed by atoms with Gasteiger partial charge in [-0.25, -0.2) is 0 Å². The fourth-order valence-corrected chi connectivity index (χ4v) is 4.92. The molecule has 0 bridgehead atoms. The molecule has 1 N–H and O–H groups in total. The van der Waals surface area contributed by atoms with E-state index in [0.717, 1.165) is 47.9 Å². The van der Waals surface area contributed by atoms with Crippen molar-refractivity contribution in [1.82, 2.24) is 10.2 Å². The molecule has 1 aliphatic carbocycles. The summed E-state index contributed by atoms with van der Waals surface area (Å²) in [6.07, 6.45) is 4.86. The molecule has 0 saturated heterocycles. The minimum atomic E-state index is -0.616. The highest BCUT2D eigenvalue weighted by Crippen LogP contribution is 2.22. The van der Waals surface area contributed by atoms with Gasteiger partial charge in [0.05, 0.1) is 6.42 Å². The van der Waals surface area contributed by atoms with Crippen LogP contribution in [0.3, 0.4) is 0 Å². The predicted molar refractivity (Wildman–Crippen MR) is 141 cm³/mol. The Morgan fingerprint density at radius 2 is 1.57 bits per heavy atom. The Balaban J connectivity index is 1.66. The minimum absolute atomic E-state index is 0.0830. The first-order valence-corrected chi connectivity index (χ1v) is 12.8. The lowest BCUT2D eigenvalue weighted by Gasteiger charge is -2.32. The Kier molecular flexibility index (Phi) is 8.59. The van der Waals surface area contributed by atoms with Crippen LogP contribution in [-0.4, -0.2) is 28.8 Å². The Hall–Kier alpha value is -3.11. The molecule has 5 heteroatoms. The van der Waals surface area contributed by atoms with E-state index in [1.807, 2.05) is 79.7 Å². The molecule has 4 nitrogen and oxygen atoms in total. The van der Waals surface area contributed by atoms with Gasteiger partial charge >= 0.3 is 0 Å². The number of halogens is 1. The summed E-state index contributed by atoms with van der Waals surface area (Å²) in [6, 6.07) is 25.0. The number of amides is 2. The average molecular weight is 489 g/mol. The second kappa shape index (κ2) is 12.0. The lowest BCUT2D eigenvalue weighted by atomic mass is 10.0. The smallest absolute Gasteiger partial charge is 0.243 e. The van der Waals surface area contributed by atoms with Crippen LogP contribution >= 0.6 is 11.6 Å². The molecule has 2 amide bonds. The van der Waals surface area contributed by atoms with Crippen LogP contribution in [0.1, 0.15) is 47.9 Å². The molecule has 3 aromatic carbocycles. The quantitative estimate of drug-likeness (QED) is 0.408. The van der Waals surface area contributed by atoms with Gasteiger partial charge in [-0.1, -0.05) is 103 Å². The first-order valence-electron chi connectivity index (χ1n) is 12.4. The molecule has 0 heterocycles. The standard InChI is InChI=1S/C30H33ClN2O2/c1-22-15-17-24(18-16-22)21-33(29(34)20-25-11-5-8-14-27(25)31)28(19-23-9-3-2-4-10-23)30(35)32-26-12-6-7-13-26/h2-5,8-11,14-18,26,28H,6-7,12-13,19-21H2,1H3,(H,32,35). The summed E-state index contributed by atoms with van der Waals surface area (Å²) in [6.45, 7) is 2.40. The van der Waals surface area contributed by atoms with Crippen molar-refractivity contribution >= 4 is 23.4 Å². The molecule has 0 spiro atoms. The fourth-order valence-electron chi connectivity index (χ4n) is 4.72. The van der Waals surface area contributed by atoms with E-state index in [1.165, 1.54) is 0 Å². The Morgan fingerprint density at radius 1 is 0.914 bits per heavy atom. The van der Waals surface area contributed by atoms with Crippen LogP contribution in [0.2, 0.25) is 5.02 Å². The summed E-state index contributed by atoms with van der Waals surface area (Å²) >= 11 is 6.39. The number of nitrogens with zero attached hydrogens (tertiary/aromatic N) is 1. The van der Waals surface area contributed by atoms with Crippen molar-refractivity contribution in [2.75, 3.05) is 0 Å². The van der Waals surface area contributed by atoms with Gasteiger partial charge in [0.15, 0.2) is 0 Å². The number of carbonyl (C=O) groups is 2. The van der Waals surface area contributed by atoms with Crippen LogP contribution in [0.4, 0.5) is 0 Å². The summed E-state index contributed by atoms with van der Waals surface area (Å²) in [5.74, 6) is -0.193. The minimum Gasteiger partial charge on any atom is -0.352 e. The molecule has 182 valence electrons. The zero-order valence-electron chi connectivity index (χ0n) is 20.3. The average Bonchev–Trinajstić information content (AvgIpc) is 3.37. The van der Waals surface area contributed by atoms with Gasteiger partial charge in [0, 0.05) is 24.0 Å². The molecule has 3 aromatic rings. The maximum Gasteiger partial charge on any atom is 0.243 e. The summed E-state index contributed by atoms with van der Waals surface area (Å²) in [4.78, 5) is 29.2. The third-order valence-corrected chi connectivity index (χ3v) is 7.11. The highest BCUT2D eigenvalue weighted by molar-refractivity contribution is 6.31. The Morgan fingerprint density at radius 3 is 2.26 bits per heavy atom. The zero-order valence-corrected chi connectivity index (χ0v) is 21.0. The topological polar surface area (TPSA) is 49.4 Å². The van der Waals surface area contributed by atoms with Crippen molar-refractivity contribution in [3.05, 3.63) is 106 Å². The first-order chi connectivity index (χ1) is 17.0. The number of carbonyl (C=O) groups excluding carboxylic acids is 2. The number of benzene rings is 3. The summed E-state index contributed by atoms with van der Waals surface area (Å²) in [5.41, 5.74) is 3.94. The first kappa shape index (κ1) is 25.0. The Bertz CT molecular complexity index is 1120. The van der Waals surface area contributed by atoms with E-state index in [2.05, 4.69) is 5.32 Å². The SMILES string of the molecule is Cc1ccc(CN(C(=O)Cc2ccccc2Cl)C(Cc2ccccc2)C(=O)NC2CCCC2)cc1. The molecule has 0 radical (unpaired) electrons. The highest BCUT2D eigenvalue weighted by atomic mass is 35.5. The molecule has 1 unspecified atom stereocenters. The van der Waals surface area contributed by atoms with Crippen molar-refractivity contribution in [2.24, 2.45) is 0 Å². The van der Waals surface area contributed by atoms with E-state index < -0.39 is 6.04 Å². The van der Waals surface area contributed by atoms with Gasteiger partial charge in [-0.3, -0.25) is 9.59 Å². The van der Waals surface area contributed by atoms with E-state index in [1.54, 1.807) is 11.0 Å². The molecule has 0 aromatic heterocycles. The van der Waals surface area contributed by atoms with Gasteiger partial charge in [0.2, 0.25) is 11.8 Å². The van der Waals surface area contributed by atoms with Crippen molar-refractivity contribution in [3.63, 3.8) is 0 Å². The van der Waals surface area contributed by atoms with Gasteiger partial charge in [-0.15, -0.1) is 0 Å². The summed E-state index contributed by atoms with van der Waals surface area (Å²) < 4.78 is 0. The zero-order chi connectivity index (χ0) is 24.6. The van der Waals surface area contributed by atoms with E-state index in [4.69, 9.17) is 11.6 Å². The van der Waals surface area contributed by atoms with E-state index in [-0.39, 0.29) is 24.3 Å². The number of hydrogen-bond acceptors (Lipinski definition) is 2. The molecule has 1 atom stereocenters. The van der Waals surface area contributed by atoms with E-state index in [9.17, 15) is 9.59 Å². The van der Waals surface area contributed by atoms with Crippen LogP contribution in [0.25, 0.3) is 0 Å². The second-order valence-corrected chi connectivity index (χ2v) is 9.88. The van der Waals surface area contributed by atoms with Gasteiger partial charge < -0.3 is 10.2 Å². The molecule has 1 fully saturated rings. The normalized spacial score (nSPS) is 14.5. The van der Waals surface area contributed by atoms with Crippen LogP contribution in [-0.2, 0) is 29.0 Å². The predicted octanol–water partition coefficient (Wildman–Crippen LogP) is 5.89. The van der Waals surface area contributed by atoms with Crippen molar-refractivity contribution in [3.8, 4) is 0 Å². The number of nitrogens with one attached hydrogen (secondary N) is 1. The van der Waals surface area contributed by atoms with E-state index in [0.29, 0.717) is 18.0 Å². The maximum absolute atomic E-state index is 13.8. The number of aryl methyl sites for hydroxylation is 1. The summed E-state index contributed by atoms with van der Waals surface area (Å²) in [5, 5.41) is 3.81. The highest BCUT2D eigenvalue weighted by Gasteiger charge is 2.32. The maximum atomic E-state index is 13.8. The number of rotatable bonds is 9. The van der Waals surface area contributed by atoms with Gasteiger partial charge in [0.1, 0.15) is 6.04 Å². The largest absolute Gasteiger partial charge is 0.352 e. The van der Waals surface area contributed by atoms with Crippen molar-refractivity contribution in [2.45, 2.75) is 64.1 Å². The van der Waals surface area contributed by atoms with Gasteiger partial charge in [-0.2, -0.15) is 0 Å².